The van der Waals surface area contributed by atoms with Crippen LogP contribution in [-0.4, -0.2) is 15.9 Å². The molecule has 2 aromatic carbocycles. The lowest BCUT2D eigenvalue weighted by molar-refractivity contribution is 0.102. The van der Waals surface area contributed by atoms with Gasteiger partial charge in [-0.1, -0.05) is 12.1 Å². The van der Waals surface area contributed by atoms with Crippen molar-refractivity contribution in [1.29, 1.82) is 10.5 Å². The van der Waals surface area contributed by atoms with Crippen LogP contribution in [0.4, 0.5) is 17.3 Å². The zero-order chi connectivity index (χ0) is 18.4. The van der Waals surface area contributed by atoms with Gasteiger partial charge in [0.05, 0.1) is 22.9 Å². The van der Waals surface area contributed by atoms with Crippen LogP contribution in [0, 0.1) is 22.7 Å². The van der Waals surface area contributed by atoms with Gasteiger partial charge in [-0.05, 0) is 42.5 Å². The van der Waals surface area contributed by atoms with E-state index in [4.69, 9.17) is 10.5 Å². The van der Waals surface area contributed by atoms with E-state index in [1.54, 1.807) is 48.5 Å². The average molecular weight is 340 g/mol. The maximum atomic E-state index is 12.3. The maximum absolute atomic E-state index is 12.3. The summed E-state index contributed by atoms with van der Waals surface area (Å²) in [5.41, 5.74) is 2.23. The minimum Gasteiger partial charge on any atom is -0.323 e. The molecule has 1 heterocycles. The SMILES string of the molecule is N#Cc1ccc(NC(=O)c2ccnc(Nc3ccccc3C#N)n2)cc1. The minimum absolute atomic E-state index is 0.168. The van der Waals surface area contributed by atoms with Gasteiger partial charge >= 0.3 is 0 Å². The maximum Gasteiger partial charge on any atom is 0.274 e. The molecular formula is C19H12N6O. The Hall–Kier alpha value is -4.23. The number of carbonyl (C=O) groups excluding carboxylic acids is 1. The molecule has 26 heavy (non-hydrogen) atoms. The van der Waals surface area contributed by atoms with Crippen molar-refractivity contribution in [3.8, 4) is 12.1 Å². The van der Waals surface area contributed by atoms with E-state index in [2.05, 4.69) is 26.7 Å². The van der Waals surface area contributed by atoms with Crippen LogP contribution in [0.1, 0.15) is 21.6 Å². The van der Waals surface area contributed by atoms with Crippen molar-refractivity contribution in [1.82, 2.24) is 9.97 Å². The number of nitrogens with zero attached hydrogens (tertiary/aromatic N) is 4. The van der Waals surface area contributed by atoms with E-state index in [1.807, 2.05) is 6.07 Å². The van der Waals surface area contributed by atoms with E-state index in [0.29, 0.717) is 22.5 Å². The molecular weight excluding hydrogens is 328 g/mol. The smallest absolute Gasteiger partial charge is 0.274 e. The zero-order valence-corrected chi connectivity index (χ0v) is 13.5. The quantitative estimate of drug-likeness (QED) is 0.753. The van der Waals surface area contributed by atoms with Crippen molar-refractivity contribution >= 4 is 23.2 Å². The second kappa shape index (κ2) is 7.56. The first-order valence-electron chi connectivity index (χ1n) is 7.60. The van der Waals surface area contributed by atoms with Gasteiger partial charge in [0.15, 0.2) is 0 Å². The molecule has 2 N–H and O–H groups in total. The van der Waals surface area contributed by atoms with Crippen LogP contribution in [-0.2, 0) is 0 Å². The van der Waals surface area contributed by atoms with Gasteiger partial charge in [0.25, 0.3) is 5.91 Å². The Morgan fingerprint density at radius 2 is 1.73 bits per heavy atom. The van der Waals surface area contributed by atoms with Crippen LogP contribution in [0.25, 0.3) is 0 Å². The van der Waals surface area contributed by atoms with Crippen molar-refractivity contribution in [2.75, 3.05) is 10.6 Å². The molecule has 0 aliphatic rings. The third kappa shape index (κ3) is 3.81. The lowest BCUT2D eigenvalue weighted by Gasteiger charge is -2.08. The summed E-state index contributed by atoms with van der Waals surface area (Å²) in [5.74, 6) is -0.200. The van der Waals surface area contributed by atoms with Crippen molar-refractivity contribution in [3.63, 3.8) is 0 Å². The molecule has 0 radical (unpaired) electrons. The topological polar surface area (TPSA) is 114 Å². The van der Waals surface area contributed by atoms with Gasteiger partial charge in [-0.25, -0.2) is 9.97 Å². The van der Waals surface area contributed by atoms with E-state index in [0.717, 1.165) is 0 Å². The van der Waals surface area contributed by atoms with Crippen LogP contribution in [0.3, 0.4) is 0 Å². The highest BCUT2D eigenvalue weighted by molar-refractivity contribution is 6.03. The third-order valence-corrected chi connectivity index (χ3v) is 3.45. The van der Waals surface area contributed by atoms with Gasteiger partial charge < -0.3 is 10.6 Å². The van der Waals surface area contributed by atoms with Crippen molar-refractivity contribution in [2.45, 2.75) is 0 Å². The van der Waals surface area contributed by atoms with Gasteiger partial charge in [0.1, 0.15) is 11.8 Å². The Morgan fingerprint density at radius 1 is 0.962 bits per heavy atom. The van der Waals surface area contributed by atoms with Crippen LogP contribution in [0.15, 0.2) is 60.8 Å². The number of aromatic nitrogens is 2. The molecule has 3 aromatic rings. The van der Waals surface area contributed by atoms with E-state index in [-0.39, 0.29) is 11.6 Å². The summed E-state index contributed by atoms with van der Waals surface area (Å²) in [4.78, 5) is 20.6. The van der Waals surface area contributed by atoms with Crippen molar-refractivity contribution in [2.24, 2.45) is 0 Å². The predicted octanol–water partition coefficient (Wildman–Crippen LogP) is 3.22. The number of nitrogens with one attached hydrogen (secondary N) is 2. The Kier molecular flexibility index (Phi) is 4.83. The Labute approximate surface area is 149 Å². The van der Waals surface area contributed by atoms with Crippen LogP contribution >= 0.6 is 0 Å². The van der Waals surface area contributed by atoms with Gasteiger partial charge in [-0.3, -0.25) is 4.79 Å². The predicted molar refractivity (Wildman–Crippen MR) is 95.6 cm³/mol. The molecule has 124 valence electrons. The van der Waals surface area contributed by atoms with E-state index in [9.17, 15) is 4.79 Å². The van der Waals surface area contributed by atoms with Crippen molar-refractivity contribution < 1.29 is 4.79 Å². The van der Waals surface area contributed by atoms with Gasteiger partial charge in [-0.15, -0.1) is 0 Å². The standard InChI is InChI=1S/C19H12N6O/c20-11-13-5-7-15(8-6-13)23-18(26)17-9-10-22-19(25-17)24-16-4-2-1-3-14(16)12-21/h1-10H,(H,23,26)(H,22,24,25). The monoisotopic (exact) mass is 340 g/mol. The van der Waals surface area contributed by atoms with Gasteiger partial charge in [0, 0.05) is 11.9 Å². The van der Waals surface area contributed by atoms with E-state index >= 15 is 0 Å². The second-order valence-electron chi connectivity index (χ2n) is 5.19. The first kappa shape index (κ1) is 16.6. The first-order chi connectivity index (χ1) is 12.7. The molecule has 7 heteroatoms. The van der Waals surface area contributed by atoms with E-state index in [1.165, 1.54) is 12.3 Å². The number of nitriles is 2. The Morgan fingerprint density at radius 3 is 2.46 bits per heavy atom. The number of amides is 1. The lowest BCUT2D eigenvalue weighted by Crippen LogP contribution is -2.14. The molecule has 0 spiro atoms. The fourth-order valence-electron chi connectivity index (χ4n) is 2.18. The number of para-hydroxylation sites is 1. The van der Waals surface area contributed by atoms with Crippen LogP contribution in [0.5, 0.6) is 0 Å². The van der Waals surface area contributed by atoms with Crippen LogP contribution in [0.2, 0.25) is 0 Å². The molecule has 0 atom stereocenters. The fraction of sp³-hybridized carbons (Fsp3) is 0. The summed E-state index contributed by atoms with van der Waals surface area (Å²) >= 11 is 0. The number of hydrogen-bond donors (Lipinski definition) is 2. The zero-order valence-electron chi connectivity index (χ0n) is 13.5. The summed E-state index contributed by atoms with van der Waals surface area (Å²) in [6.07, 6.45) is 1.46. The number of benzene rings is 2. The normalized spacial score (nSPS) is 9.62. The minimum atomic E-state index is -0.409. The number of anilines is 3. The van der Waals surface area contributed by atoms with Crippen LogP contribution < -0.4 is 10.6 Å². The molecule has 1 aromatic heterocycles. The molecule has 0 fully saturated rings. The average Bonchev–Trinajstić information content (AvgIpc) is 2.69. The summed E-state index contributed by atoms with van der Waals surface area (Å²) in [6, 6.07) is 19.0. The summed E-state index contributed by atoms with van der Waals surface area (Å²) in [6.45, 7) is 0. The highest BCUT2D eigenvalue weighted by Gasteiger charge is 2.10. The Balaban J connectivity index is 1.77. The molecule has 7 nitrogen and oxygen atoms in total. The Bertz CT molecular complexity index is 1030. The highest BCUT2D eigenvalue weighted by Crippen LogP contribution is 2.18. The molecule has 0 aliphatic carbocycles. The number of carbonyl (C=O) groups is 1. The lowest BCUT2D eigenvalue weighted by atomic mass is 10.2. The molecule has 0 saturated carbocycles. The van der Waals surface area contributed by atoms with Gasteiger partial charge in [-0.2, -0.15) is 10.5 Å². The summed E-state index contributed by atoms with van der Waals surface area (Å²) < 4.78 is 0. The molecule has 0 saturated heterocycles. The molecule has 1 amide bonds. The molecule has 0 aliphatic heterocycles. The van der Waals surface area contributed by atoms with Gasteiger partial charge in [0.2, 0.25) is 5.95 Å². The number of rotatable bonds is 4. The van der Waals surface area contributed by atoms with E-state index < -0.39 is 5.91 Å². The summed E-state index contributed by atoms with van der Waals surface area (Å²) in [5, 5.41) is 23.6. The summed E-state index contributed by atoms with van der Waals surface area (Å²) in [7, 11) is 0. The largest absolute Gasteiger partial charge is 0.323 e. The highest BCUT2D eigenvalue weighted by atomic mass is 16.1. The second-order valence-corrected chi connectivity index (χ2v) is 5.19. The fourth-order valence-corrected chi connectivity index (χ4v) is 2.18. The molecule has 0 unspecified atom stereocenters. The van der Waals surface area contributed by atoms with Crippen molar-refractivity contribution in [3.05, 3.63) is 77.6 Å². The molecule has 3 rings (SSSR count). The number of hydrogen-bond acceptors (Lipinski definition) is 6. The molecule has 0 bridgehead atoms. The first-order valence-corrected chi connectivity index (χ1v) is 7.60. The third-order valence-electron chi connectivity index (χ3n) is 3.45.